The molecule has 0 aliphatic rings. The number of fused-ring (bicyclic) bond motifs is 1. The normalized spacial score (nSPS) is 10.8. The largest absolute Gasteiger partial charge is 0.497 e. The molecular weight excluding hydrogens is 236 g/mol. The van der Waals surface area contributed by atoms with E-state index >= 15 is 0 Å². The molecular formula is C16H16N2O. The second kappa shape index (κ2) is 4.76. The molecule has 3 aromatic rings. The highest BCUT2D eigenvalue weighted by atomic mass is 16.5. The molecule has 0 fully saturated rings. The molecule has 0 radical (unpaired) electrons. The molecule has 2 aromatic carbocycles. The highest BCUT2D eigenvalue weighted by Gasteiger charge is 2.11. The first kappa shape index (κ1) is 11.8. The van der Waals surface area contributed by atoms with E-state index in [1.54, 1.807) is 7.11 Å². The monoisotopic (exact) mass is 252 g/mol. The van der Waals surface area contributed by atoms with Crippen LogP contribution in [0.15, 0.2) is 48.5 Å². The van der Waals surface area contributed by atoms with Gasteiger partial charge < -0.3 is 9.30 Å². The molecule has 3 nitrogen and oxygen atoms in total. The maximum atomic E-state index is 5.29. The molecule has 0 saturated heterocycles. The van der Waals surface area contributed by atoms with Crippen LogP contribution >= 0.6 is 0 Å². The molecule has 0 saturated carbocycles. The number of aryl methyl sites for hydroxylation is 1. The SMILES string of the molecule is CCn1c(-c2cccc(OC)c2)nc2ccccc21. The molecule has 0 N–H and O–H groups in total. The third-order valence-electron chi connectivity index (χ3n) is 3.30. The van der Waals surface area contributed by atoms with E-state index in [-0.39, 0.29) is 0 Å². The molecule has 0 unspecified atom stereocenters. The van der Waals surface area contributed by atoms with Crippen molar-refractivity contribution in [3.8, 4) is 17.1 Å². The molecule has 0 bridgehead atoms. The summed E-state index contributed by atoms with van der Waals surface area (Å²) in [5, 5.41) is 0. The van der Waals surface area contributed by atoms with E-state index < -0.39 is 0 Å². The number of hydrogen-bond acceptors (Lipinski definition) is 2. The van der Waals surface area contributed by atoms with Crippen LogP contribution in [0.1, 0.15) is 6.92 Å². The summed E-state index contributed by atoms with van der Waals surface area (Å²) in [6, 6.07) is 16.2. The van der Waals surface area contributed by atoms with Crippen molar-refractivity contribution < 1.29 is 4.74 Å². The summed E-state index contributed by atoms with van der Waals surface area (Å²) in [5.74, 6) is 1.84. The number of nitrogens with zero attached hydrogens (tertiary/aromatic N) is 2. The van der Waals surface area contributed by atoms with Gasteiger partial charge in [0, 0.05) is 12.1 Å². The minimum Gasteiger partial charge on any atom is -0.497 e. The van der Waals surface area contributed by atoms with Crippen LogP contribution in [-0.4, -0.2) is 16.7 Å². The molecule has 0 aliphatic heterocycles. The lowest BCUT2D eigenvalue weighted by molar-refractivity contribution is 0.415. The Bertz CT molecular complexity index is 716. The Hall–Kier alpha value is -2.29. The Morgan fingerprint density at radius 3 is 2.74 bits per heavy atom. The maximum absolute atomic E-state index is 5.29. The lowest BCUT2D eigenvalue weighted by atomic mass is 10.2. The van der Waals surface area contributed by atoms with Gasteiger partial charge in [-0.1, -0.05) is 24.3 Å². The Morgan fingerprint density at radius 1 is 1.11 bits per heavy atom. The lowest BCUT2D eigenvalue weighted by Gasteiger charge is -2.07. The van der Waals surface area contributed by atoms with Gasteiger partial charge in [0.15, 0.2) is 0 Å². The van der Waals surface area contributed by atoms with Crippen LogP contribution in [0.25, 0.3) is 22.4 Å². The van der Waals surface area contributed by atoms with Gasteiger partial charge in [-0.2, -0.15) is 0 Å². The van der Waals surface area contributed by atoms with Gasteiger partial charge in [-0.05, 0) is 31.2 Å². The summed E-state index contributed by atoms with van der Waals surface area (Å²) in [6.45, 7) is 3.03. The van der Waals surface area contributed by atoms with Crippen LogP contribution in [0, 0.1) is 0 Å². The first-order valence-corrected chi connectivity index (χ1v) is 6.43. The molecule has 0 aliphatic carbocycles. The summed E-state index contributed by atoms with van der Waals surface area (Å²) in [7, 11) is 1.68. The number of imidazole rings is 1. The van der Waals surface area contributed by atoms with Crippen molar-refractivity contribution in [3.63, 3.8) is 0 Å². The van der Waals surface area contributed by atoms with Crippen LogP contribution < -0.4 is 4.74 Å². The average molecular weight is 252 g/mol. The Kier molecular flexibility index (Phi) is 2.95. The van der Waals surface area contributed by atoms with Gasteiger partial charge in [0.05, 0.1) is 18.1 Å². The third-order valence-corrected chi connectivity index (χ3v) is 3.30. The molecule has 19 heavy (non-hydrogen) atoms. The molecule has 96 valence electrons. The number of aromatic nitrogens is 2. The van der Waals surface area contributed by atoms with Crippen molar-refractivity contribution in [1.29, 1.82) is 0 Å². The number of hydrogen-bond donors (Lipinski definition) is 0. The van der Waals surface area contributed by atoms with Crippen LogP contribution in [0.2, 0.25) is 0 Å². The van der Waals surface area contributed by atoms with Crippen molar-refractivity contribution in [2.45, 2.75) is 13.5 Å². The van der Waals surface area contributed by atoms with Gasteiger partial charge in [-0.3, -0.25) is 0 Å². The van der Waals surface area contributed by atoms with Gasteiger partial charge in [-0.25, -0.2) is 4.98 Å². The standard InChI is InChI=1S/C16H16N2O/c1-3-18-15-10-5-4-9-14(15)17-16(18)12-7-6-8-13(11-12)19-2/h4-11H,3H2,1-2H3. The number of rotatable bonds is 3. The van der Waals surface area contributed by atoms with Crippen molar-refractivity contribution >= 4 is 11.0 Å². The number of ether oxygens (including phenoxy) is 1. The van der Waals surface area contributed by atoms with Crippen LogP contribution in [0.3, 0.4) is 0 Å². The molecule has 0 spiro atoms. The van der Waals surface area contributed by atoms with Crippen molar-refractivity contribution in [2.24, 2.45) is 0 Å². The Balaban J connectivity index is 2.23. The topological polar surface area (TPSA) is 27.1 Å². The first-order chi connectivity index (χ1) is 9.33. The second-order valence-electron chi connectivity index (χ2n) is 4.40. The van der Waals surface area contributed by atoms with Crippen molar-refractivity contribution in [1.82, 2.24) is 9.55 Å². The minimum absolute atomic E-state index is 0.854. The van der Waals surface area contributed by atoms with Crippen LogP contribution in [0.5, 0.6) is 5.75 Å². The van der Waals surface area contributed by atoms with E-state index in [0.29, 0.717) is 0 Å². The lowest BCUT2D eigenvalue weighted by Crippen LogP contribution is -1.97. The van der Waals surface area contributed by atoms with Crippen molar-refractivity contribution in [2.75, 3.05) is 7.11 Å². The minimum atomic E-state index is 0.854. The van der Waals surface area contributed by atoms with Crippen LogP contribution in [-0.2, 0) is 6.54 Å². The van der Waals surface area contributed by atoms with E-state index in [9.17, 15) is 0 Å². The quantitative estimate of drug-likeness (QED) is 0.710. The zero-order valence-corrected chi connectivity index (χ0v) is 11.1. The van der Waals surface area contributed by atoms with E-state index in [1.807, 2.05) is 36.4 Å². The zero-order chi connectivity index (χ0) is 13.2. The average Bonchev–Trinajstić information content (AvgIpc) is 2.86. The summed E-state index contributed by atoms with van der Waals surface area (Å²) >= 11 is 0. The molecule has 3 rings (SSSR count). The van der Waals surface area contributed by atoms with E-state index in [1.165, 1.54) is 5.52 Å². The van der Waals surface area contributed by atoms with Gasteiger partial charge in [0.25, 0.3) is 0 Å². The van der Waals surface area contributed by atoms with Gasteiger partial charge in [0.1, 0.15) is 11.6 Å². The van der Waals surface area contributed by atoms with Crippen LogP contribution in [0.4, 0.5) is 0 Å². The molecule has 1 heterocycles. The van der Waals surface area contributed by atoms with E-state index in [4.69, 9.17) is 9.72 Å². The predicted molar refractivity (Wildman–Crippen MR) is 77.4 cm³/mol. The number of para-hydroxylation sites is 2. The summed E-state index contributed by atoms with van der Waals surface area (Å²) in [5.41, 5.74) is 3.28. The smallest absolute Gasteiger partial charge is 0.141 e. The van der Waals surface area contributed by atoms with Gasteiger partial charge >= 0.3 is 0 Å². The number of methoxy groups -OCH3 is 1. The number of benzene rings is 2. The molecule has 0 atom stereocenters. The summed E-state index contributed by atoms with van der Waals surface area (Å²) < 4.78 is 7.51. The molecule has 0 amide bonds. The van der Waals surface area contributed by atoms with Crippen molar-refractivity contribution in [3.05, 3.63) is 48.5 Å². The summed E-state index contributed by atoms with van der Waals surface area (Å²) in [4.78, 5) is 4.74. The Labute approximate surface area is 112 Å². The zero-order valence-electron chi connectivity index (χ0n) is 11.1. The molecule has 1 aromatic heterocycles. The third kappa shape index (κ3) is 1.97. The fourth-order valence-electron chi connectivity index (χ4n) is 2.38. The second-order valence-corrected chi connectivity index (χ2v) is 4.40. The van der Waals surface area contributed by atoms with E-state index in [0.717, 1.165) is 29.2 Å². The fourth-order valence-corrected chi connectivity index (χ4v) is 2.38. The van der Waals surface area contributed by atoms with E-state index in [2.05, 4.69) is 23.6 Å². The van der Waals surface area contributed by atoms with Gasteiger partial charge in [-0.15, -0.1) is 0 Å². The van der Waals surface area contributed by atoms with Gasteiger partial charge in [0.2, 0.25) is 0 Å². The first-order valence-electron chi connectivity index (χ1n) is 6.43. The molecule has 3 heteroatoms. The predicted octanol–water partition coefficient (Wildman–Crippen LogP) is 3.73. The Morgan fingerprint density at radius 2 is 1.95 bits per heavy atom. The fraction of sp³-hybridized carbons (Fsp3) is 0.188. The highest BCUT2D eigenvalue weighted by Crippen LogP contribution is 2.27. The summed E-state index contributed by atoms with van der Waals surface area (Å²) in [6.07, 6.45) is 0. The highest BCUT2D eigenvalue weighted by molar-refractivity contribution is 5.80. The maximum Gasteiger partial charge on any atom is 0.141 e.